The van der Waals surface area contributed by atoms with Crippen molar-refractivity contribution in [2.75, 3.05) is 23.4 Å². The van der Waals surface area contributed by atoms with Gasteiger partial charge in [0.1, 0.15) is 5.82 Å². The number of pyridine rings is 1. The minimum atomic E-state index is -1.88. The number of H-pyrrole nitrogens is 2. The molecular weight excluding hydrogens is 477 g/mol. The second kappa shape index (κ2) is 9.20. The van der Waals surface area contributed by atoms with Crippen molar-refractivity contribution in [3.8, 4) is 11.4 Å². The van der Waals surface area contributed by atoms with Crippen LogP contribution in [0.3, 0.4) is 0 Å². The van der Waals surface area contributed by atoms with Gasteiger partial charge in [-0.25, -0.2) is 9.18 Å². The number of nitrogens with one attached hydrogen (secondary N) is 3. The lowest BCUT2D eigenvalue weighted by atomic mass is 10.1. The Morgan fingerprint density at radius 2 is 1.97 bits per heavy atom. The first kappa shape index (κ1) is 23.1. The van der Waals surface area contributed by atoms with Gasteiger partial charge in [0.25, 0.3) is 11.8 Å². The first-order valence-corrected chi connectivity index (χ1v) is 10.7. The van der Waals surface area contributed by atoms with Crippen LogP contribution in [0.1, 0.15) is 0 Å². The molecular formula is C23H18FN5O7. The van der Waals surface area contributed by atoms with Crippen LogP contribution in [0.2, 0.25) is 0 Å². The summed E-state index contributed by atoms with van der Waals surface area (Å²) in [6.45, 7) is 0.249. The fraction of sp³-hybridized carbons (Fsp3) is 0.174. The number of aliphatic hydroxyl groups excluding tert-OH is 1. The Morgan fingerprint density at radius 3 is 2.72 bits per heavy atom. The summed E-state index contributed by atoms with van der Waals surface area (Å²) in [5, 5.41) is 17.0. The molecule has 0 aliphatic carbocycles. The standard InChI is InChI=1S/C23H18FN5O7/c24-15-10-12(2-4-14(15)20-27-23(34)36-28-20)25-21(32)18(31)19-22(33)29(7-8-35-19)13-3-5-16-11(9-13)1-6-17(30)26-16/h1-6,9-10,18-19,31H,7-8H2,(H,25,32)(H,26,30)(H,27,28,34)/t18-,19-/m1/s1. The number of carbonyl (C=O) groups excluding carboxylic acids is 2. The zero-order valence-corrected chi connectivity index (χ0v) is 18.4. The highest BCUT2D eigenvalue weighted by atomic mass is 19.1. The molecule has 12 nitrogen and oxygen atoms in total. The molecule has 0 radical (unpaired) electrons. The largest absolute Gasteiger partial charge is 0.439 e. The van der Waals surface area contributed by atoms with E-state index in [1.54, 1.807) is 24.3 Å². The van der Waals surface area contributed by atoms with Gasteiger partial charge in [-0.2, -0.15) is 0 Å². The van der Waals surface area contributed by atoms with Gasteiger partial charge in [-0.1, -0.05) is 5.16 Å². The van der Waals surface area contributed by atoms with Gasteiger partial charge in [0, 0.05) is 34.9 Å². The maximum atomic E-state index is 14.5. The highest BCUT2D eigenvalue weighted by Gasteiger charge is 2.39. The van der Waals surface area contributed by atoms with Crippen molar-refractivity contribution in [1.82, 2.24) is 15.1 Å². The third-order valence-corrected chi connectivity index (χ3v) is 5.63. The summed E-state index contributed by atoms with van der Waals surface area (Å²) in [7, 11) is 0. The molecule has 1 saturated heterocycles. The molecule has 184 valence electrons. The predicted octanol–water partition coefficient (Wildman–Crippen LogP) is 0.742. The van der Waals surface area contributed by atoms with Crippen molar-refractivity contribution in [3.05, 3.63) is 75.3 Å². The normalized spacial score (nSPS) is 16.8. The predicted molar refractivity (Wildman–Crippen MR) is 124 cm³/mol. The van der Waals surface area contributed by atoms with Crippen molar-refractivity contribution in [1.29, 1.82) is 0 Å². The number of ether oxygens (including phenoxy) is 1. The fourth-order valence-corrected chi connectivity index (χ4v) is 3.88. The second-order valence-electron chi connectivity index (χ2n) is 7.95. The van der Waals surface area contributed by atoms with Gasteiger partial charge in [-0.15, -0.1) is 0 Å². The SMILES string of the molecule is O=C(Nc1ccc(-c2noc(=O)[nH]2)c(F)c1)[C@H](O)[C@H]1OCCN(c2ccc3[nH]c(=O)ccc3c2)C1=O. The Morgan fingerprint density at radius 1 is 1.14 bits per heavy atom. The van der Waals surface area contributed by atoms with Crippen molar-refractivity contribution in [2.24, 2.45) is 0 Å². The molecule has 2 aromatic carbocycles. The highest BCUT2D eigenvalue weighted by Crippen LogP contribution is 2.25. The summed E-state index contributed by atoms with van der Waals surface area (Å²) >= 11 is 0. The summed E-state index contributed by atoms with van der Waals surface area (Å²) in [6, 6.07) is 11.5. The van der Waals surface area contributed by atoms with E-state index < -0.39 is 35.6 Å². The van der Waals surface area contributed by atoms with Crippen LogP contribution in [0.15, 0.2) is 62.6 Å². The molecule has 0 saturated carbocycles. The van der Waals surface area contributed by atoms with E-state index >= 15 is 0 Å². The van der Waals surface area contributed by atoms with Crippen LogP contribution in [-0.2, 0) is 14.3 Å². The average molecular weight is 495 g/mol. The molecule has 1 aliphatic rings. The van der Waals surface area contributed by atoms with E-state index in [1.807, 2.05) is 0 Å². The van der Waals surface area contributed by atoms with Crippen LogP contribution in [0, 0.1) is 5.82 Å². The topological polar surface area (TPSA) is 171 Å². The number of hydrogen-bond donors (Lipinski definition) is 4. The number of anilines is 2. The summed E-state index contributed by atoms with van der Waals surface area (Å²) in [5.41, 5.74) is 0.768. The number of benzene rings is 2. The number of fused-ring (bicyclic) bond motifs is 1. The van der Waals surface area contributed by atoms with E-state index in [0.29, 0.717) is 16.6 Å². The van der Waals surface area contributed by atoms with Gasteiger partial charge in [0.05, 0.1) is 12.2 Å². The van der Waals surface area contributed by atoms with Crippen molar-refractivity contribution in [2.45, 2.75) is 12.2 Å². The summed E-state index contributed by atoms with van der Waals surface area (Å²) in [5.74, 6) is -3.41. The van der Waals surface area contributed by atoms with Gasteiger partial charge < -0.3 is 25.0 Å². The first-order chi connectivity index (χ1) is 17.3. The van der Waals surface area contributed by atoms with Crippen LogP contribution in [0.4, 0.5) is 15.8 Å². The number of aromatic amines is 2. The molecule has 36 heavy (non-hydrogen) atoms. The number of amides is 2. The third-order valence-electron chi connectivity index (χ3n) is 5.63. The summed E-state index contributed by atoms with van der Waals surface area (Å²) in [4.78, 5) is 54.6. The third kappa shape index (κ3) is 4.39. The molecule has 1 aliphatic heterocycles. The zero-order valence-electron chi connectivity index (χ0n) is 18.4. The van der Waals surface area contributed by atoms with Gasteiger partial charge in [0.15, 0.2) is 18.0 Å². The van der Waals surface area contributed by atoms with Crippen molar-refractivity contribution in [3.63, 3.8) is 0 Å². The lowest BCUT2D eigenvalue weighted by molar-refractivity contribution is -0.150. The van der Waals surface area contributed by atoms with E-state index in [2.05, 4.69) is 25.0 Å². The minimum Gasteiger partial charge on any atom is -0.380 e. The molecule has 2 aromatic heterocycles. The Balaban J connectivity index is 1.31. The van der Waals surface area contributed by atoms with Gasteiger partial charge >= 0.3 is 5.76 Å². The summed E-state index contributed by atoms with van der Waals surface area (Å²) in [6.07, 6.45) is -3.37. The van der Waals surface area contributed by atoms with Crippen LogP contribution in [0.25, 0.3) is 22.3 Å². The Kier molecular flexibility index (Phi) is 5.91. The van der Waals surface area contributed by atoms with E-state index in [0.717, 1.165) is 6.07 Å². The smallest absolute Gasteiger partial charge is 0.380 e. The van der Waals surface area contributed by atoms with Crippen molar-refractivity contribution >= 4 is 34.1 Å². The molecule has 3 heterocycles. The minimum absolute atomic E-state index is 0.00484. The highest BCUT2D eigenvalue weighted by molar-refractivity contribution is 6.04. The maximum absolute atomic E-state index is 14.5. The number of aromatic nitrogens is 3. The van der Waals surface area contributed by atoms with Gasteiger partial charge in [0.2, 0.25) is 5.56 Å². The maximum Gasteiger partial charge on any atom is 0.439 e. The molecule has 4 aromatic rings. The molecule has 2 amide bonds. The number of morpholine rings is 1. The number of aliphatic hydroxyl groups is 1. The Bertz CT molecular complexity index is 1590. The number of carbonyl (C=O) groups is 2. The molecule has 13 heteroatoms. The molecule has 0 unspecified atom stereocenters. The van der Waals surface area contributed by atoms with E-state index in [-0.39, 0.29) is 35.8 Å². The van der Waals surface area contributed by atoms with Crippen LogP contribution >= 0.6 is 0 Å². The van der Waals surface area contributed by atoms with Crippen molar-refractivity contribution < 1.29 is 28.3 Å². The first-order valence-electron chi connectivity index (χ1n) is 10.7. The molecule has 4 N–H and O–H groups in total. The molecule has 0 bridgehead atoms. The van der Waals surface area contributed by atoms with Crippen LogP contribution in [-0.4, -0.2) is 57.4 Å². The lowest BCUT2D eigenvalue weighted by Crippen LogP contribution is -2.55. The number of rotatable bonds is 5. The average Bonchev–Trinajstić information content (AvgIpc) is 3.29. The van der Waals surface area contributed by atoms with E-state index in [4.69, 9.17) is 4.74 Å². The number of hydrogen-bond acceptors (Lipinski definition) is 8. The summed E-state index contributed by atoms with van der Waals surface area (Å²) < 4.78 is 24.2. The fourth-order valence-electron chi connectivity index (χ4n) is 3.88. The lowest BCUT2D eigenvalue weighted by Gasteiger charge is -2.34. The molecule has 5 rings (SSSR count). The van der Waals surface area contributed by atoms with E-state index in [1.165, 1.54) is 23.1 Å². The van der Waals surface area contributed by atoms with Gasteiger partial charge in [-0.05, 0) is 42.5 Å². The zero-order chi connectivity index (χ0) is 25.4. The molecule has 2 atom stereocenters. The van der Waals surface area contributed by atoms with Gasteiger partial charge in [-0.3, -0.25) is 23.9 Å². The monoisotopic (exact) mass is 495 g/mol. The van der Waals surface area contributed by atoms with Crippen LogP contribution in [0.5, 0.6) is 0 Å². The quantitative estimate of drug-likeness (QED) is 0.314. The second-order valence-corrected chi connectivity index (χ2v) is 7.95. The van der Waals surface area contributed by atoms with E-state index in [9.17, 15) is 28.7 Å². The molecule has 1 fully saturated rings. The van der Waals surface area contributed by atoms with Crippen LogP contribution < -0.4 is 21.5 Å². The Hall–Kier alpha value is -4.62. The number of nitrogens with zero attached hydrogens (tertiary/aromatic N) is 2. The Labute approximate surface area is 200 Å². The molecule has 0 spiro atoms. The number of halogens is 1.